The number of anilines is 3. The molecule has 3 heterocycles. The van der Waals surface area contributed by atoms with Crippen molar-refractivity contribution in [1.82, 2.24) is 15.0 Å². The normalized spacial score (nSPS) is 16.1. The number of carbonyl (C=O) groups is 2. The third kappa shape index (κ3) is 9.24. The topological polar surface area (TPSA) is 121 Å². The summed E-state index contributed by atoms with van der Waals surface area (Å²) in [6, 6.07) is 3.12. The van der Waals surface area contributed by atoms with E-state index in [0.29, 0.717) is 49.2 Å². The molecule has 0 fully saturated rings. The zero-order chi connectivity index (χ0) is 36.8. The summed E-state index contributed by atoms with van der Waals surface area (Å²) in [5.41, 5.74) is -2.07. The number of benzene rings is 1. The minimum Gasteiger partial charge on any atom is -0.481 e. The number of alkyl halides is 6. The van der Waals surface area contributed by atoms with E-state index in [9.17, 15) is 35.9 Å². The number of pyridine rings is 1. The van der Waals surface area contributed by atoms with E-state index in [1.807, 2.05) is 6.92 Å². The molecular weight excluding hydrogens is 674 g/mol. The number of amides is 1. The van der Waals surface area contributed by atoms with Gasteiger partial charge in [0, 0.05) is 39.2 Å². The number of aromatic nitrogens is 3. The first-order valence-electron chi connectivity index (χ1n) is 15.8. The van der Waals surface area contributed by atoms with Crippen molar-refractivity contribution in [2.45, 2.75) is 76.4 Å². The maximum atomic E-state index is 13.8. The van der Waals surface area contributed by atoms with Crippen LogP contribution in [-0.4, -0.2) is 66.0 Å². The van der Waals surface area contributed by atoms with E-state index >= 15 is 0 Å². The highest BCUT2D eigenvalue weighted by Crippen LogP contribution is 2.44. The van der Waals surface area contributed by atoms with Crippen molar-refractivity contribution in [1.29, 1.82) is 0 Å². The van der Waals surface area contributed by atoms with Crippen molar-refractivity contribution in [3.8, 4) is 5.88 Å². The molecule has 0 bridgehead atoms. The first-order valence-corrected chi connectivity index (χ1v) is 15.8. The van der Waals surface area contributed by atoms with E-state index in [4.69, 9.17) is 14.6 Å². The largest absolute Gasteiger partial charge is 0.481 e. The highest BCUT2D eigenvalue weighted by atomic mass is 19.4. The number of unbranched alkanes of at least 4 members (excludes halogenated alkanes) is 2. The molecule has 1 unspecified atom stereocenters. The maximum absolute atomic E-state index is 13.8. The molecule has 1 aliphatic heterocycles. The number of fused-ring (bicyclic) bond motifs is 1. The number of carboxylic acids is 1. The Bertz CT molecular complexity index is 1600. The lowest BCUT2D eigenvalue weighted by Crippen LogP contribution is -2.48. The van der Waals surface area contributed by atoms with Crippen LogP contribution < -0.4 is 19.4 Å². The van der Waals surface area contributed by atoms with Crippen molar-refractivity contribution in [3.63, 3.8) is 0 Å². The Morgan fingerprint density at radius 2 is 1.62 bits per heavy atom. The van der Waals surface area contributed by atoms with Crippen LogP contribution in [0.2, 0.25) is 0 Å². The SMILES string of the molecule is CC[C@@H]1CC(N(Cc2cc(C(F)(F)F)cc(C(F)(F)F)c2)c2ncc(N(C)C)cn2)c2nc(OC)ccc2N1C(=O)OCCCCCC(=O)O. The number of methoxy groups -OCH3 is 1. The summed E-state index contributed by atoms with van der Waals surface area (Å²) in [4.78, 5) is 42.4. The molecule has 50 heavy (non-hydrogen) atoms. The molecule has 272 valence electrons. The molecule has 11 nitrogen and oxygen atoms in total. The fourth-order valence-electron chi connectivity index (χ4n) is 5.66. The Kier molecular flexibility index (Phi) is 12.0. The van der Waals surface area contributed by atoms with Crippen LogP contribution in [0.5, 0.6) is 5.88 Å². The van der Waals surface area contributed by atoms with Crippen LogP contribution in [0.4, 0.5) is 48.5 Å². The van der Waals surface area contributed by atoms with Crippen LogP contribution >= 0.6 is 0 Å². The van der Waals surface area contributed by atoms with Gasteiger partial charge in [0.2, 0.25) is 11.8 Å². The number of rotatable bonds is 13. The lowest BCUT2D eigenvalue weighted by molar-refractivity contribution is -0.143. The molecule has 2 atom stereocenters. The minimum absolute atomic E-state index is 0.00362. The lowest BCUT2D eigenvalue weighted by atomic mass is 9.92. The van der Waals surface area contributed by atoms with Gasteiger partial charge in [-0.2, -0.15) is 26.3 Å². The van der Waals surface area contributed by atoms with Gasteiger partial charge in [0.05, 0.1) is 60.3 Å². The first-order chi connectivity index (χ1) is 23.5. The van der Waals surface area contributed by atoms with Gasteiger partial charge in [-0.15, -0.1) is 0 Å². The average Bonchev–Trinajstić information content (AvgIpc) is 3.06. The van der Waals surface area contributed by atoms with E-state index in [0.717, 1.165) is 0 Å². The van der Waals surface area contributed by atoms with Crippen molar-refractivity contribution in [3.05, 3.63) is 65.1 Å². The number of carboxylic acid groups (broad SMARTS) is 1. The Labute approximate surface area is 284 Å². The summed E-state index contributed by atoms with van der Waals surface area (Å²) in [7, 11) is 4.88. The van der Waals surface area contributed by atoms with Crippen LogP contribution in [0, 0.1) is 0 Å². The second-order valence-corrected chi connectivity index (χ2v) is 11.9. The van der Waals surface area contributed by atoms with Gasteiger partial charge in [0.1, 0.15) is 0 Å². The van der Waals surface area contributed by atoms with Gasteiger partial charge in [0.15, 0.2) is 0 Å². The van der Waals surface area contributed by atoms with Gasteiger partial charge < -0.3 is 24.4 Å². The van der Waals surface area contributed by atoms with Crippen LogP contribution in [0.1, 0.15) is 73.9 Å². The molecule has 0 saturated heterocycles. The van der Waals surface area contributed by atoms with Crippen LogP contribution in [0.3, 0.4) is 0 Å². The Morgan fingerprint density at radius 3 is 2.16 bits per heavy atom. The van der Waals surface area contributed by atoms with E-state index in [1.165, 1.54) is 35.4 Å². The number of hydrogen-bond acceptors (Lipinski definition) is 9. The molecule has 0 aliphatic carbocycles. The summed E-state index contributed by atoms with van der Waals surface area (Å²) >= 11 is 0. The Morgan fingerprint density at radius 1 is 0.980 bits per heavy atom. The summed E-state index contributed by atoms with van der Waals surface area (Å²) in [6.45, 7) is 1.38. The van der Waals surface area contributed by atoms with Gasteiger partial charge >= 0.3 is 24.4 Å². The zero-order valence-corrected chi connectivity index (χ0v) is 27.9. The highest BCUT2D eigenvalue weighted by Gasteiger charge is 2.42. The molecule has 0 saturated carbocycles. The smallest absolute Gasteiger partial charge is 0.416 e. The van der Waals surface area contributed by atoms with E-state index < -0.39 is 54.2 Å². The molecular formula is C33H38F6N6O5. The van der Waals surface area contributed by atoms with E-state index in [2.05, 4.69) is 15.0 Å². The Hall–Kier alpha value is -4.83. The monoisotopic (exact) mass is 712 g/mol. The van der Waals surface area contributed by atoms with Crippen LogP contribution in [0.15, 0.2) is 42.7 Å². The molecule has 2 aromatic heterocycles. The number of ether oxygens (including phenoxy) is 2. The number of halogens is 6. The predicted molar refractivity (Wildman–Crippen MR) is 171 cm³/mol. The van der Waals surface area contributed by atoms with Gasteiger partial charge in [-0.05, 0) is 61.9 Å². The zero-order valence-electron chi connectivity index (χ0n) is 27.9. The standard InChI is InChI=1S/C33H38F6N6O5/c1-5-23-16-26(29-25(10-11-27(42-29)49-4)45(23)31(48)50-12-8-6-7-9-28(46)47)44(30-40-17-24(18-41-30)43(2)3)19-20-13-21(32(34,35)36)15-22(14-20)33(37,38)39/h10-11,13-15,17-18,23,26H,5-9,12,16,19H2,1-4H3,(H,46,47)/t23-,26?/m1/s1. The molecule has 17 heteroatoms. The molecule has 1 aliphatic rings. The average molecular weight is 713 g/mol. The fraction of sp³-hybridized carbons (Fsp3) is 0.485. The number of hydrogen-bond donors (Lipinski definition) is 1. The van der Waals surface area contributed by atoms with Crippen molar-refractivity contribution < 1.29 is 50.5 Å². The predicted octanol–water partition coefficient (Wildman–Crippen LogP) is 7.50. The van der Waals surface area contributed by atoms with Crippen molar-refractivity contribution in [2.75, 3.05) is 42.5 Å². The van der Waals surface area contributed by atoms with Gasteiger partial charge in [-0.25, -0.2) is 19.7 Å². The number of carbonyl (C=O) groups excluding carboxylic acids is 1. The van der Waals surface area contributed by atoms with Gasteiger partial charge in [-0.1, -0.05) is 6.92 Å². The second kappa shape index (κ2) is 15.8. The van der Waals surface area contributed by atoms with Gasteiger partial charge in [0.25, 0.3) is 0 Å². The summed E-state index contributed by atoms with van der Waals surface area (Å²) < 4.78 is 94.0. The quantitative estimate of drug-likeness (QED) is 0.141. The summed E-state index contributed by atoms with van der Waals surface area (Å²) in [5.74, 6) is -0.760. The second-order valence-electron chi connectivity index (χ2n) is 11.9. The number of aliphatic carboxylic acids is 1. The maximum Gasteiger partial charge on any atom is 0.416 e. The molecule has 3 aromatic rings. The van der Waals surface area contributed by atoms with Crippen LogP contribution in [0.25, 0.3) is 0 Å². The van der Waals surface area contributed by atoms with Crippen molar-refractivity contribution in [2.24, 2.45) is 0 Å². The molecule has 4 rings (SSSR count). The molecule has 1 N–H and O–H groups in total. The third-order valence-electron chi connectivity index (χ3n) is 8.22. The summed E-state index contributed by atoms with van der Waals surface area (Å²) in [5, 5.41) is 8.84. The van der Waals surface area contributed by atoms with E-state index in [-0.39, 0.29) is 48.6 Å². The molecule has 0 spiro atoms. The Balaban J connectivity index is 1.80. The minimum atomic E-state index is -5.05. The number of nitrogens with zero attached hydrogens (tertiary/aromatic N) is 6. The highest BCUT2D eigenvalue weighted by molar-refractivity contribution is 5.90. The lowest BCUT2D eigenvalue weighted by Gasteiger charge is -2.43. The van der Waals surface area contributed by atoms with Crippen molar-refractivity contribution >= 4 is 29.4 Å². The molecule has 1 amide bonds. The van der Waals surface area contributed by atoms with Gasteiger partial charge in [-0.3, -0.25) is 9.69 Å². The molecule has 0 radical (unpaired) electrons. The molecule has 1 aromatic carbocycles. The fourth-order valence-corrected chi connectivity index (χ4v) is 5.66. The summed E-state index contributed by atoms with van der Waals surface area (Å²) in [6.07, 6.45) is -5.94. The third-order valence-corrected chi connectivity index (χ3v) is 8.22. The first kappa shape index (κ1) is 38.0. The van der Waals surface area contributed by atoms with E-state index in [1.54, 1.807) is 25.1 Å². The van der Waals surface area contributed by atoms with Crippen LogP contribution in [-0.2, 0) is 28.4 Å².